The molecule has 0 aliphatic heterocycles. The second-order valence-electron chi connectivity index (χ2n) is 3.28. The minimum atomic E-state index is 0.876. The number of hydrogen-bond acceptors (Lipinski definition) is 3. The van der Waals surface area contributed by atoms with Crippen LogP contribution in [0.2, 0.25) is 0 Å². The lowest BCUT2D eigenvalue weighted by atomic mass is 10.4. The van der Waals surface area contributed by atoms with Crippen LogP contribution in [0.1, 0.15) is 19.5 Å². The maximum Gasteiger partial charge on any atom is 0.0922 e. The molecular formula is C10H20N4. The topological polar surface area (TPSA) is 44.0 Å². The van der Waals surface area contributed by atoms with Gasteiger partial charge in [-0.25, -0.2) is 4.98 Å². The first-order valence-corrected chi connectivity index (χ1v) is 5.27. The molecule has 0 atom stereocenters. The second kappa shape index (κ2) is 6.56. The van der Waals surface area contributed by atoms with E-state index in [0.29, 0.717) is 0 Å². The fraction of sp³-hybridized carbons (Fsp3) is 0.700. The summed E-state index contributed by atoms with van der Waals surface area (Å²) >= 11 is 0. The summed E-state index contributed by atoms with van der Waals surface area (Å²) in [5.41, 5.74) is 1.14. The Labute approximate surface area is 85.7 Å². The largest absolute Gasteiger partial charge is 0.347 e. The number of likely N-dealkylation sites (N-methyl/N-ethyl adjacent to an activating group) is 1. The molecule has 1 rings (SSSR count). The van der Waals surface area contributed by atoms with E-state index in [9.17, 15) is 0 Å². The molecule has 1 heterocycles. The minimum absolute atomic E-state index is 0.876. The van der Waals surface area contributed by atoms with Crippen LogP contribution >= 0.6 is 0 Å². The van der Waals surface area contributed by atoms with Gasteiger partial charge in [-0.2, -0.15) is 0 Å². The van der Waals surface area contributed by atoms with Gasteiger partial charge in [-0.05, 0) is 13.1 Å². The van der Waals surface area contributed by atoms with Crippen molar-refractivity contribution in [2.45, 2.75) is 20.4 Å². The SMILES string of the molecule is CCN(CC)CCNCc1cnc[nH]1. The lowest BCUT2D eigenvalue weighted by molar-refractivity contribution is 0.302. The van der Waals surface area contributed by atoms with Crippen molar-refractivity contribution in [3.05, 3.63) is 18.2 Å². The van der Waals surface area contributed by atoms with Crippen LogP contribution in [0.15, 0.2) is 12.5 Å². The molecule has 0 amide bonds. The Kier molecular flexibility index (Phi) is 5.25. The number of imidazole rings is 1. The number of aromatic nitrogens is 2. The molecule has 0 unspecified atom stereocenters. The van der Waals surface area contributed by atoms with Gasteiger partial charge < -0.3 is 15.2 Å². The van der Waals surface area contributed by atoms with Crippen LogP contribution in [-0.2, 0) is 6.54 Å². The normalized spacial score (nSPS) is 11.1. The standard InChI is InChI=1S/C10H20N4/c1-3-14(4-2)6-5-11-7-10-8-12-9-13-10/h8-9,11H,3-7H2,1-2H3,(H,12,13). The van der Waals surface area contributed by atoms with Crippen LogP contribution in [0.5, 0.6) is 0 Å². The number of nitrogens with one attached hydrogen (secondary N) is 2. The van der Waals surface area contributed by atoms with Gasteiger partial charge in [0, 0.05) is 31.5 Å². The van der Waals surface area contributed by atoms with E-state index in [0.717, 1.165) is 38.4 Å². The first-order valence-electron chi connectivity index (χ1n) is 5.27. The van der Waals surface area contributed by atoms with Crippen molar-refractivity contribution in [3.63, 3.8) is 0 Å². The third kappa shape index (κ3) is 3.89. The van der Waals surface area contributed by atoms with Gasteiger partial charge in [0.2, 0.25) is 0 Å². The van der Waals surface area contributed by atoms with Gasteiger partial charge in [-0.1, -0.05) is 13.8 Å². The number of rotatable bonds is 7. The van der Waals surface area contributed by atoms with Crippen molar-refractivity contribution in [1.82, 2.24) is 20.2 Å². The number of H-pyrrole nitrogens is 1. The van der Waals surface area contributed by atoms with E-state index in [2.05, 4.69) is 34.0 Å². The van der Waals surface area contributed by atoms with E-state index in [4.69, 9.17) is 0 Å². The van der Waals surface area contributed by atoms with E-state index in [1.807, 2.05) is 6.20 Å². The van der Waals surface area contributed by atoms with Gasteiger partial charge >= 0.3 is 0 Å². The first kappa shape index (κ1) is 11.2. The molecule has 4 nitrogen and oxygen atoms in total. The van der Waals surface area contributed by atoms with Gasteiger partial charge in [-0.15, -0.1) is 0 Å². The van der Waals surface area contributed by atoms with Gasteiger partial charge in [0.25, 0.3) is 0 Å². The summed E-state index contributed by atoms with van der Waals surface area (Å²) in [7, 11) is 0. The maximum atomic E-state index is 3.96. The predicted octanol–water partition coefficient (Wildman–Crippen LogP) is 0.841. The van der Waals surface area contributed by atoms with Crippen LogP contribution in [0, 0.1) is 0 Å². The molecule has 0 aliphatic carbocycles. The number of aromatic amines is 1. The van der Waals surface area contributed by atoms with Crippen molar-refractivity contribution < 1.29 is 0 Å². The molecule has 0 spiro atoms. The summed E-state index contributed by atoms with van der Waals surface area (Å²) < 4.78 is 0. The molecule has 0 radical (unpaired) electrons. The Morgan fingerprint density at radius 2 is 2.21 bits per heavy atom. The molecule has 0 aliphatic rings. The van der Waals surface area contributed by atoms with Crippen molar-refractivity contribution in [2.75, 3.05) is 26.2 Å². The Balaban J connectivity index is 2.04. The van der Waals surface area contributed by atoms with Crippen molar-refractivity contribution in [3.8, 4) is 0 Å². The minimum Gasteiger partial charge on any atom is -0.347 e. The predicted molar refractivity (Wildman–Crippen MR) is 58.1 cm³/mol. The van der Waals surface area contributed by atoms with Gasteiger partial charge in [0.15, 0.2) is 0 Å². The molecule has 0 aromatic carbocycles. The molecule has 0 fully saturated rings. The third-order valence-electron chi connectivity index (χ3n) is 2.37. The van der Waals surface area contributed by atoms with E-state index in [1.165, 1.54) is 0 Å². The first-order chi connectivity index (χ1) is 6.86. The highest BCUT2D eigenvalue weighted by Gasteiger charge is 1.97. The number of hydrogen-bond donors (Lipinski definition) is 2. The monoisotopic (exact) mass is 196 g/mol. The Bertz CT molecular complexity index is 216. The number of nitrogens with zero attached hydrogens (tertiary/aromatic N) is 2. The van der Waals surface area contributed by atoms with Crippen LogP contribution in [-0.4, -0.2) is 41.0 Å². The molecule has 0 bridgehead atoms. The van der Waals surface area contributed by atoms with Crippen LogP contribution in [0.3, 0.4) is 0 Å². The zero-order chi connectivity index (χ0) is 10.2. The molecule has 14 heavy (non-hydrogen) atoms. The van der Waals surface area contributed by atoms with E-state index >= 15 is 0 Å². The van der Waals surface area contributed by atoms with Gasteiger partial charge in [-0.3, -0.25) is 0 Å². The second-order valence-corrected chi connectivity index (χ2v) is 3.28. The molecule has 1 aromatic heterocycles. The third-order valence-corrected chi connectivity index (χ3v) is 2.37. The van der Waals surface area contributed by atoms with Gasteiger partial charge in [0.05, 0.1) is 6.33 Å². The lowest BCUT2D eigenvalue weighted by Crippen LogP contribution is -2.31. The molecule has 2 N–H and O–H groups in total. The summed E-state index contributed by atoms with van der Waals surface area (Å²) in [5, 5.41) is 3.37. The lowest BCUT2D eigenvalue weighted by Gasteiger charge is -2.17. The summed E-state index contributed by atoms with van der Waals surface area (Å²) in [6, 6.07) is 0. The van der Waals surface area contributed by atoms with Crippen LogP contribution in [0.4, 0.5) is 0 Å². The molecule has 1 aromatic rings. The quantitative estimate of drug-likeness (QED) is 0.635. The summed E-state index contributed by atoms with van der Waals surface area (Å²) in [4.78, 5) is 9.43. The highest BCUT2D eigenvalue weighted by molar-refractivity contribution is 4.92. The van der Waals surface area contributed by atoms with Crippen LogP contribution in [0.25, 0.3) is 0 Å². The van der Waals surface area contributed by atoms with E-state index in [1.54, 1.807) is 6.33 Å². The zero-order valence-electron chi connectivity index (χ0n) is 9.08. The molecular weight excluding hydrogens is 176 g/mol. The maximum absolute atomic E-state index is 3.96. The van der Waals surface area contributed by atoms with E-state index < -0.39 is 0 Å². The van der Waals surface area contributed by atoms with Crippen LogP contribution < -0.4 is 5.32 Å². The molecule has 4 heteroatoms. The average molecular weight is 196 g/mol. The smallest absolute Gasteiger partial charge is 0.0922 e. The average Bonchev–Trinajstić information content (AvgIpc) is 2.71. The fourth-order valence-electron chi connectivity index (χ4n) is 1.38. The Hall–Kier alpha value is -0.870. The van der Waals surface area contributed by atoms with Crippen molar-refractivity contribution in [1.29, 1.82) is 0 Å². The Morgan fingerprint density at radius 1 is 1.43 bits per heavy atom. The Morgan fingerprint density at radius 3 is 2.79 bits per heavy atom. The van der Waals surface area contributed by atoms with Crippen molar-refractivity contribution >= 4 is 0 Å². The summed E-state index contributed by atoms with van der Waals surface area (Å²) in [6.07, 6.45) is 3.56. The van der Waals surface area contributed by atoms with E-state index in [-0.39, 0.29) is 0 Å². The summed E-state index contributed by atoms with van der Waals surface area (Å²) in [5.74, 6) is 0. The fourth-order valence-corrected chi connectivity index (χ4v) is 1.38. The molecule has 0 saturated carbocycles. The summed E-state index contributed by atoms with van der Waals surface area (Å²) in [6.45, 7) is 9.66. The molecule has 0 saturated heterocycles. The highest BCUT2D eigenvalue weighted by atomic mass is 15.1. The highest BCUT2D eigenvalue weighted by Crippen LogP contribution is 1.89. The zero-order valence-corrected chi connectivity index (χ0v) is 9.08. The van der Waals surface area contributed by atoms with Crippen molar-refractivity contribution in [2.24, 2.45) is 0 Å². The van der Waals surface area contributed by atoms with Gasteiger partial charge in [0.1, 0.15) is 0 Å². The molecule has 80 valence electrons.